The van der Waals surface area contributed by atoms with Gasteiger partial charge in [0, 0.05) is 6.54 Å². The Hall–Kier alpha value is -1.08. The Morgan fingerprint density at radius 2 is 2.21 bits per heavy atom. The number of likely N-dealkylation sites (tertiary alicyclic amines) is 1. The molecule has 1 atom stereocenters. The second-order valence-corrected chi connectivity index (χ2v) is 4.00. The Morgan fingerprint density at radius 1 is 1.64 bits per heavy atom. The van der Waals surface area contributed by atoms with Gasteiger partial charge in [0.05, 0.1) is 6.07 Å². The van der Waals surface area contributed by atoms with Gasteiger partial charge < -0.3 is 10.0 Å². The molecule has 0 bridgehead atoms. The molecule has 0 aromatic rings. The molecule has 4 nitrogen and oxygen atoms in total. The molecule has 0 radical (unpaired) electrons. The largest absolute Gasteiger partial charge is 0.480 e. The summed E-state index contributed by atoms with van der Waals surface area (Å²) in [5.74, 6) is -1.15. The molecule has 1 unspecified atom stereocenters. The lowest BCUT2D eigenvalue weighted by Crippen LogP contribution is -2.38. The molecule has 0 amide bonds. The van der Waals surface area contributed by atoms with E-state index < -0.39 is 11.9 Å². The van der Waals surface area contributed by atoms with Crippen molar-refractivity contribution in [1.82, 2.24) is 4.90 Å². The normalized spacial score (nSPS) is 21.4. The SMILES string of the molecule is CC1CCN(CC(C#N)C(=O)O)CC1. The van der Waals surface area contributed by atoms with Crippen molar-refractivity contribution in [2.75, 3.05) is 19.6 Å². The Morgan fingerprint density at radius 3 is 2.64 bits per heavy atom. The van der Waals surface area contributed by atoms with Crippen LogP contribution in [0.25, 0.3) is 0 Å². The van der Waals surface area contributed by atoms with Gasteiger partial charge in [0.2, 0.25) is 0 Å². The molecule has 1 heterocycles. The van der Waals surface area contributed by atoms with E-state index in [4.69, 9.17) is 10.4 Å². The summed E-state index contributed by atoms with van der Waals surface area (Å²) in [7, 11) is 0. The maximum absolute atomic E-state index is 10.6. The number of aliphatic carboxylic acids is 1. The molecular weight excluding hydrogens is 180 g/mol. The van der Waals surface area contributed by atoms with Crippen LogP contribution < -0.4 is 0 Å². The third kappa shape index (κ3) is 3.00. The molecule has 14 heavy (non-hydrogen) atoms. The average molecular weight is 196 g/mol. The summed E-state index contributed by atoms with van der Waals surface area (Å²) in [6, 6.07) is 1.82. The third-order valence-electron chi connectivity index (χ3n) is 2.77. The Labute approximate surface area is 84.1 Å². The van der Waals surface area contributed by atoms with Crippen molar-refractivity contribution in [1.29, 1.82) is 5.26 Å². The standard InChI is InChI=1S/C10H16N2O2/c1-8-2-4-12(5-3-8)7-9(6-11)10(13)14/h8-9H,2-5,7H2,1H3,(H,13,14). The van der Waals surface area contributed by atoms with E-state index >= 15 is 0 Å². The highest BCUT2D eigenvalue weighted by molar-refractivity contribution is 5.73. The van der Waals surface area contributed by atoms with E-state index in [0.29, 0.717) is 6.54 Å². The fourth-order valence-corrected chi connectivity index (χ4v) is 1.68. The van der Waals surface area contributed by atoms with E-state index in [1.165, 1.54) is 0 Å². The zero-order valence-corrected chi connectivity index (χ0v) is 8.44. The van der Waals surface area contributed by atoms with Gasteiger partial charge in [0.25, 0.3) is 0 Å². The molecule has 0 aromatic carbocycles. The van der Waals surface area contributed by atoms with Crippen molar-refractivity contribution in [3.63, 3.8) is 0 Å². The number of carboxylic acid groups (broad SMARTS) is 1. The van der Waals surface area contributed by atoms with Crippen LogP contribution in [0.1, 0.15) is 19.8 Å². The highest BCUT2D eigenvalue weighted by atomic mass is 16.4. The lowest BCUT2D eigenvalue weighted by Gasteiger charge is -2.30. The number of carboxylic acids is 1. The first-order chi connectivity index (χ1) is 6.63. The molecule has 0 aliphatic carbocycles. The van der Waals surface area contributed by atoms with Crippen LogP contribution >= 0.6 is 0 Å². The van der Waals surface area contributed by atoms with E-state index in [9.17, 15) is 4.79 Å². The van der Waals surface area contributed by atoms with Crippen molar-refractivity contribution in [3.05, 3.63) is 0 Å². The monoisotopic (exact) mass is 196 g/mol. The summed E-state index contributed by atoms with van der Waals surface area (Å²) in [5, 5.41) is 17.3. The van der Waals surface area contributed by atoms with Gasteiger partial charge in [-0.05, 0) is 31.8 Å². The van der Waals surface area contributed by atoms with E-state index in [1.54, 1.807) is 0 Å². The molecule has 4 heteroatoms. The predicted molar refractivity (Wildman–Crippen MR) is 51.6 cm³/mol. The second-order valence-electron chi connectivity index (χ2n) is 4.00. The van der Waals surface area contributed by atoms with Crippen molar-refractivity contribution in [2.45, 2.75) is 19.8 Å². The molecule has 1 aliphatic heterocycles. The zero-order chi connectivity index (χ0) is 10.6. The van der Waals surface area contributed by atoms with E-state index in [-0.39, 0.29) is 0 Å². The summed E-state index contributed by atoms with van der Waals surface area (Å²) < 4.78 is 0. The smallest absolute Gasteiger partial charge is 0.322 e. The fraction of sp³-hybridized carbons (Fsp3) is 0.800. The number of carbonyl (C=O) groups is 1. The summed E-state index contributed by atoms with van der Waals surface area (Å²) >= 11 is 0. The number of nitriles is 1. The molecular formula is C10H16N2O2. The van der Waals surface area contributed by atoms with Gasteiger partial charge >= 0.3 is 5.97 Å². The molecule has 1 aliphatic rings. The van der Waals surface area contributed by atoms with E-state index in [2.05, 4.69) is 11.8 Å². The minimum atomic E-state index is -1.01. The minimum absolute atomic E-state index is 0.374. The van der Waals surface area contributed by atoms with Crippen molar-refractivity contribution in [3.8, 4) is 6.07 Å². The molecule has 1 fully saturated rings. The highest BCUT2D eigenvalue weighted by Gasteiger charge is 2.23. The topological polar surface area (TPSA) is 64.3 Å². The van der Waals surface area contributed by atoms with Crippen LogP contribution in [0.3, 0.4) is 0 Å². The van der Waals surface area contributed by atoms with E-state index in [1.807, 2.05) is 6.07 Å². The first kappa shape index (κ1) is 11.0. The fourth-order valence-electron chi connectivity index (χ4n) is 1.68. The van der Waals surface area contributed by atoms with Crippen molar-refractivity contribution in [2.24, 2.45) is 11.8 Å². The molecule has 78 valence electrons. The first-order valence-corrected chi connectivity index (χ1v) is 4.98. The van der Waals surface area contributed by atoms with Gasteiger partial charge in [-0.1, -0.05) is 6.92 Å². The maximum Gasteiger partial charge on any atom is 0.322 e. The summed E-state index contributed by atoms with van der Waals surface area (Å²) in [6.45, 7) is 4.42. The number of rotatable bonds is 3. The van der Waals surface area contributed by atoms with E-state index in [0.717, 1.165) is 31.8 Å². The zero-order valence-electron chi connectivity index (χ0n) is 8.44. The Kier molecular flexibility index (Phi) is 3.90. The average Bonchev–Trinajstić information content (AvgIpc) is 2.16. The predicted octanol–water partition coefficient (Wildman–Crippen LogP) is 0.943. The summed E-state index contributed by atoms with van der Waals surface area (Å²) in [5.41, 5.74) is 0. The van der Waals surface area contributed by atoms with Crippen LogP contribution in [0.4, 0.5) is 0 Å². The molecule has 0 aromatic heterocycles. The van der Waals surface area contributed by atoms with Crippen LogP contribution in [0.5, 0.6) is 0 Å². The van der Waals surface area contributed by atoms with Crippen LogP contribution in [0, 0.1) is 23.2 Å². The Bertz CT molecular complexity index is 239. The molecule has 1 N–H and O–H groups in total. The number of nitrogens with zero attached hydrogens (tertiary/aromatic N) is 2. The highest BCUT2D eigenvalue weighted by Crippen LogP contribution is 2.16. The first-order valence-electron chi connectivity index (χ1n) is 4.98. The van der Waals surface area contributed by atoms with Crippen LogP contribution in [-0.4, -0.2) is 35.6 Å². The Balaban J connectivity index is 2.37. The lowest BCUT2D eigenvalue weighted by molar-refractivity contribution is -0.140. The number of hydrogen-bond acceptors (Lipinski definition) is 3. The van der Waals surface area contributed by atoms with Gasteiger partial charge in [-0.15, -0.1) is 0 Å². The molecule has 1 rings (SSSR count). The van der Waals surface area contributed by atoms with Crippen LogP contribution in [0.2, 0.25) is 0 Å². The van der Waals surface area contributed by atoms with Gasteiger partial charge in [0.1, 0.15) is 0 Å². The van der Waals surface area contributed by atoms with Crippen molar-refractivity contribution < 1.29 is 9.90 Å². The number of hydrogen-bond donors (Lipinski definition) is 1. The van der Waals surface area contributed by atoms with Gasteiger partial charge in [-0.25, -0.2) is 0 Å². The quantitative estimate of drug-likeness (QED) is 0.729. The maximum atomic E-state index is 10.6. The summed E-state index contributed by atoms with van der Waals surface area (Å²) in [6.07, 6.45) is 2.22. The minimum Gasteiger partial charge on any atom is -0.480 e. The lowest BCUT2D eigenvalue weighted by atomic mass is 9.98. The second kappa shape index (κ2) is 4.97. The van der Waals surface area contributed by atoms with Gasteiger partial charge in [-0.2, -0.15) is 5.26 Å². The molecule has 1 saturated heterocycles. The van der Waals surface area contributed by atoms with Gasteiger partial charge in [-0.3, -0.25) is 4.79 Å². The van der Waals surface area contributed by atoms with Crippen molar-refractivity contribution >= 4 is 5.97 Å². The number of piperidine rings is 1. The van der Waals surface area contributed by atoms with Crippen LogP contribution in [0.15, 0.2) is 0 Å². The summed E-state index contributed by atoms with van der Waals surface area (Å²) in [4.78, 5) is 12.7. The molecule has 0 spiro atoms. The molecule has 0 saturated carbocycles. The third-order valence-corrected chi connectivity index (χ3v) is 2.77. The van der Waals surface area contributed by atoms with Crippen LogP contribution in [-0.2, 0) is 4.79 Å². The van der Waals surface area contributed by atoms with Gasteiger partial charge in [0.15, 0.2) is 5.92 Å².